The largest absolute Gasteiger partial charge is 0.382 e. The number of hydrogen-bond donors (Lipinski definition) is 0. The summed E-state index contributed by atoms with van der Waals surface area (Å²) in [5.41, 5.74) is 0.828. The fraction of sp³-hybridized carbons (Fsp3) is 0.389. The molecule has 1 aromatic carbocycles. The molecular formula is C18H23NO4S2. The number of benzene rings is 1. The lowest BCUT2D eigenvalue weighted by Crippen LogP contribution is -2.37. The second-order valence-electron chi connectivity index (χ2n) is 5.74. The van der Waals surface area contributed by atoms with Gasteiger partial charge in [0, 0.05) is 12.6 Å². The fourth-order valence-electron chi connectivity index (χ4n) is 2.29. The number of amides is 1. The summed E-state index contributed by atoms with van der Waals surface area (Å²) in [6.07, 6.45) is 0.831. The van der Waals surface area contributed by atoms with E-state index in [-0.39, 0.29) is 23.5 Å². The van der Waals surface area contributed by atoms with E-state index < -0.39 is 10.1 Å². The van der Waals surface area contributed by atoms with Crippen molar-refractivity contribution in [1.29, 1.82) is 0 Å². The second kappa shape index (κ2) is 8.49. The van der Waals surface area contributed by atoms with Crippen molar-refractivity contribution in [3.8, 4) is 5.75 Å². The van der Waals surface area contributed by atoms with Crippen molar-refractivity contribution in [2.24, 2.45) is 0 Å². The molecular weight excluding hydrogens is 358 g/mol. The Balaban J connectivity index is 2.23. The Morgan fingerprint density at radius 3 is 2.60 bits per heavy atom. The van der Waals surface area contributed by atoms with E-state index in [0.29, 0.717) is 11.4 Å². The lowest BCUT2D eigenvalue weighted by molar-refractivity contribution is 0.0676. The molecule has 1 amide bonds. The first-order chi connectivity index (χ1) is 11.9. The highest BCUT2D eigenvalue weighted by atomic mass is 32.2. The molecule has 0 aliphatic rings. The number of nitrogens with zero attached hydrogens (tertiary/aromatic N) is 1. The third-order valence-corrected chi connectivity index (χ3v) is 5.96. The van der Waals surface area contributed by atoms with Crippen LogP contribution in [0.25, 0.3) is 0 Å². The van der Waals surface area contributed by atoms with Crippen molar-refractivity contribution in [1.82, 2.24) is 4.90 Å². The zero-order valence-corrected chi connectivity index (χ0v) is 16.3. The Bertz CT molecular complexity index is 800. The van der Waals surface area contributed by atoms with Crippen molar-refractivity contribution in [2.45, 2.75) is 39.8 Å². The summed E-state index contributed by atoms with van der Waals surface area (Å²) in [5.74, 6) is 0.163. The Kier molecular flexibility index (Phi) is 6.61. The van der Waals surface area contributed by atoms with Crippen molar-refractivity contribution >= 4 is 27.4 Å². The molecule has 2 aromatic rings. The topological polar surface area (TPSA) is 63.7 Å². The summed E-state index contributed by atoms with van der Waals surface area (Å²) >= 11 is 1.42. The van der Waals surface area contributed by atoms with Gasteiger partial charge in [-0.1, -0.05) is 25.1 Å². The Labute approximate surface area is 153 Å². The summed E-state index contributed by atoms with van der Waals surface area (Å²) in [6, 6.07) is 10.6. The molecule has 0 fully saturated rings. The molecule has 0 aliphatic carbocycles. The zero-order valence-electron chi connectivity index (χ0n) is 14.6. The quantitative estimate of drug-likeness (QED) is 0.650. The Hall–Kier alpha value is -1.86. The van der Waals surface area contributed by atoms with Crippen LogP contribution >= 0.6 is 11.3 Å². The standard InChI is InChI=1S/C18H23NO4S2/c1-4-14(3)19(18(20)17-10-7-11-24-17)13-15-8-6-9-16(12-15)23-25(21,22)5-2/h6-12,14H,4-5,13H2,1-3H3/t14-/m0/s1. The maximum Gasteiger partial charge on any atom is 0.308 e. The summed E-state index contributed by atoms with van der Waals surface area (Å²) in [5, 5.41) is 1.88. The van der Waals surface area contributed by atoms with E-state index >= 15 is 0 Å². The van der Waals surface area contributed by atoms with Crippen LogP contribution < -0.4 is 4.18 Å². The molecule has 25 heavy (non-hydrogen) atoms. The number of thiophene rings is 1. The van der Waals surface area contributed by atoms with E-state index in [9.17, 15) is 13.2 Å². The third kappa shape index (κ3) is 5.31. The summed E-state index contributed by atoms with van der Waals surface area (Å²) in [6.45, 7) is 5.97. The van der Waals surface area contributed by atoms with Gasteiger partial charge < -0.3 is 9.08 Å². The van der Waals surface area contributed by atoms with Gasteiger partial charge in [-0.25, -0.2) is 0 Å². The molecule has 0 bridgehead atoms. The van der Waals surface area contributed by atoms with E-state index in [1.54, 1.807) is 23.1 Å². The molecule has 1 heterocycles. The maximum absolute atomic E-state index is 12.8. The highest BCUT2D eigenvalue weighted by molar-refractivity contribution is 7.87. The average molecular weight is 382 g/mol. The molecule has 0 saturated carbocycles. The van der Waals surface area contributed by atoms with Gasteiger partial charge in [0.1, 0.15) is 5.75 Å². The molecule has 7 heteroatoms. The van der Waals surface area contributed by atoms with Crippen LogP contribution in [0.1, 0.15) is 42.4 Å². The smallest absolute Gasteiger partial charge is 0.308 e. The number of hydrogen-bond acceptors (Lipinski definition) is 5. The van der Waals surface area contributed by atoms with Gasteiger partial charge in [0.25, 0.3) is 5.91 Å². The second-order valence-corrected chi connectivity index (χ2v) is 8.55. The normalized spacial score (nSPS) is 12.6. The Morgan fingerprint density at radius 2 is 2.00 bits per heavy atom. The van der Waals surface area contributed by atoms with Gasteiger partial charge in [0.05, 0.1) is 10.6 Å². The van der Waals surface area contributed by atoms with Crippen molar-refractivity contribution in [2.75, 3.05) is 5.75 Å². The van der Waals surface area contributed by atoms with Crippen LogP contribution in [0.5, 0.6) is 5.75 Å². The van der Waals surface area contributed by atoms with E-state index in [4.69, 9.17) is 4.18 Å². The van der Waals surface area contributed by atoms with Crippen LogP contribution in [0.15, 0.2) is 41.8 Å². The van der Waals surface area contributed by atoms with Gasteiger partial charge >= 0.3 is 10.1 Å². The van der Waals surface area contributed by atoms with Gasteiger partial charge in [-0.05, 0) is 49.4 Å². The van der Waals surface area contributed by atoms with Crippen molar-refractivity contribution in [3.63, 3.8) is 0 Å². The van der Waals surface area contributed by atoms with E-state index in [1.165, 1.54) is 18.3 Å². The summed E-state index contributed by atoms with van der Waals surface area (Å²) in [4.78, 5) is 15.3. The van der Waals surface area contributed by atoms with Crippen LogP contribution in [0, 0.1) is 0 Å². The average Bonchev–Trinajstić information content (AvgIpc) is 3.13. The zero-order chi connectivity index (χ0) is 18.4. The lowest BCUT2D eigenvalue weighted by Gasteiger charge is -2.28. The molecule has 0 spiro atoms. The minimum Gasteiger partial charge on any atom is -0.382 e. The predicted molar refractivity (Wildman–Crippen MR) is 100 cm³/mol. The monoisotopic (exact) mass is 381 g/mol. The first-order valence-electron chi connectivity index (χ1n) is 8.21. The fourth-order valence-corrected chi connectivity index (χ4v) is 3.48. The van der Waals surface area contributed by atoms with E-state index in [1.807, 2.05) is 37.4 Å². The molecule has 0 radical (unpaired) electrons. The predicted octanol–water partition coefficient (Wildman–Crippen LogP) is 3.92. The maximum atomic E-state index is 12.8. The van der Waals surface area contributed by atoms with Gasteiger partial charge in [-0.3, -0.25) is 4.79 Å². The molecule has 5 nitrogen and oxygen atoms in total. The van der Waals surface area contributed by atoms with Gasteiger partial charge in [-0.2, -0.15) is 8.42 Å². The SMILES string of the molecule is CC[C@H](C)N(Cc1cccc(OS(=O)(=O)CC)c1)C(=O)c1cccs1. The first kappa shape index (κ1) is 19.5. The third-order valence-electron chi connectivity index (χ3n) is 3.94. The minimum absolute atomic E-state index is 0.0168. The molecule has 0 aliphatic heterocycles. The molecule has 1 aromatic heterocycles. The summed E-state index contributed by atoms with van der Waals surface area (Å²) in [7, 11) is -3.57. The number of carbonyl (C=O) groups excluding carboxylic acids is 1. The molecule has 0 N–H and O–H groups in total. The van der Waals surface area contributed by atoms with Crippen molar-refractivity contribution < 1.29 is 17.4 Å². The van der Waals surface area contributed by atoms with E-state index in [0.717, 1.165) is 12.0 Å². The first-order valence-corrected chi connectivity index (χ1v) is 10.7. The molecule has 1 atom stereocenters. The minimum atomic E-state index is -3.57. The van der Waals surface area contributed by atoms with Gasteiger partial charge in [0.2, 0.25) is 0 Å². The van der Waals surface area contributed by atoms with Crippen LogP contribution in [0.3, 0.4) is 0 Å². The van der Waals surface area contributed by atoms with Gasteiger partial charge in [0.15, 0.2) is 0 Å². The molecule has 0 unspecified atom stereocenters. The van der Waals surface area contributed by atoms with Crippen molar-refractivity contribution in [3.05, 3.63) is 52.2 Å². The molecule has 2 rings (SSSR count). The van der Waals surface area contributed by atoms with Crippen LogP contribution in [-0.4, -0.2) is 31.0 Å². The highest BCUT2D eigenvalue weighted by Gasteiger charge is 2.22. The lowest BCUT2D eigenvalue weighted by atomic mass is 10.1. The molecule has 0 saturated heterocycles. The van der Waals surface area contributed by atoms with Crippen LogP contribution in [-0.2, 0) is 16.7 Å². The Morgan fingerprint density at radius 1 is 1.24 bits per heavy atom. The van der Waals surface area contributed by atoms with Crippen LogP contribution in [0.4, 0.5) is 0 Å². The highest BCUT2D eigenvalue weighted by Crippen LogP contribution is 2.21. The van der Waals surface area contributed by atoms with Crippen LogP contribution in [0.2, 0.25) is 0 Å². The summed E-state index contributed by atoms with van der Waals surface area (Å²) < 4.78 is 28.3. The van der Waals surface area contributed by atoms with E-state index in [2.05, 4.69) is 0 Å². The van der Waals surface area contributed by atoms with Gasteiger partial charge in [-0.15, -0.1) is 11.3 Å². The molecule has 136 valence electrons. The number of rotatable bonds is 8. The number of carbonyl (C=O) groups is 1.